The first-order valence-corrected chi connectivity index (χ1v) is 4.90. The van der Waals surface area contributed by atoms with E-state index >= 15 is 0 Å². The van der Waals surface area contributed by atoms with E-state index in [0.29, 0.717) is 0 Å². The highest BCUT2D eigenvalue weighted by Crippen LogP contribution is 2.41. The fourth-order valence-corrected chi connectivity index (χ4v) is 1.90. The van der Waals surface area contributed by atoms with Crippen LogP contribution >= 0.6 is 0 Å². The molecule has 0 spiro atoms. The molecule has 2 atom stereocenters. The van der Waals surface area contributed by atoms with Crippen molar-refractivity contribution in [1.29, 1.82) is 0 Å². The monoisotopic (exact) mass is 194 g/mol. The molecule has 0 radical (unpaired) electrons. The quantitative estimate of drug-likeness (QED) is 0.499. The molecule has 0 aromatic carbocycles. The zero-order valence-electron chi connectivity index (χ0n) is 9.17. The first kappa shape index (κ1) is 11.0. The van der Waals surface area contributed by atoms with Gasteiger partial charge in [0.1, 0.15) is 0 Å². The third-order valence-corrected chi connectivity index (χ3v) is 3.16. The SMILES string of the molecule is C=CC1(C)CC=C(C)CC1C(=O)OC. The number of hydrogen-bond acceptors (Lipinski definition) is 2. The van der Waals surface area contributed by atoms with Gasteiger partial charge in [-0.15, -0.1) is 6.58 Å². The Hall–Kier alpha value is -1.05. The summed E-state index contributed by atoms with van der Waals surface area (Å²) in [5, 5.41) is 0. The molecule has 1 aliphatic rings. The van der Waals surface area contributed by atoms with Gasteiger partial charge in [-0.1, -0.05) is 24.6 Å². The Labute approximate surface area is 85.6 Å². The minimum atomic E-state index is -0.146. The van der Waals surface area contributed by atoms with Crippen molar-refractivity contribution < 1.29 is 9.53 Å². The van der Waals surface area contributed by atoms with Crippen molar-refractivity contribution in [1.82, 2.24) is 0 Å². The smallest absolute Gasteiger partial charge is 0.309 e. The fourth-order valence-electron chi connectivity index (χ4n) is 1.90. The van der Waals surface area contributed by atoms with Crippen molar-refractivity contribution in [3.05, 3.63) is 24.3 Å². The Morgan fingerprint density at radius 1 is 1.79 bits per heavy atom. The fraction of sp³-hybridized carbons (Fsp3) is 0.583. The maximum atomic E-state index is 11.6. The summed E-state index contributed by atoms with van der Waals surface area (Å²) in [6, 6.07) is 0. The van der Waals surface area contributed by atoms with E-state index in [1.165, 1.54) is 12.7 Å². The molecule has 0 saturated carbocycles. The van der Waals surface area contributed by atoms with Crippen LogP contribution in [0.15, 0.2) is 24.3 Å². The van der Waals surface area contributed by atoms with E-state index in [-0.39, 0.29) is 17.3 Å². The predicted molar refractivity (Wildman–Crippen MR) is 56.8 cm³/mol. The third kappa shape index (κ3) is 1.89. The van der Waals surface area contributed by atoms with Gasteiger partial charge in [0.25, 0.3) is 0 Å². The summed E-state index contributed by atoms with van der Waals surface area (Å²) in [6.45, 7) is 7.93. The molecular weight excluding hydrogens is 176 g/mol. The lowest BCUT2D eigenvalue weighted by Crippen LogP contribution is -2.34. The van der Waals surface area contributed by atoms with Gasteiger partial charge in [-0.3, -0.25) is 4.79 Å². The van der Waals surface area contributed by atoms with Crippen LogP contribution in [0, 0.1) is 11.3 Å². The van der Waals surface area contributed by atoms with Gasteiger partial charge in [0.05, 0.1) is 13.0 Å². The van der Waals surface area contributed by atoms with Crippen molar-refractivity contribution in [2.75, 3.05) is 7.11 Å². The van der Waals surface area contributed by atoms with E-state index < -0.39 is 0 Å². The average molecular weight is 194 g/mol. The van der Waals surface area contributed by atoms with E-state index in [9.17, 15) is 4.79 Å². The van der Waals surface area contributed by atoms with E-state index in [0.717, 1.165) is 12.8 Å². The van der Waals surface area contributed by atoms with Crippen molar-refractivity contribution in [3.8, 4) is 0 Å². The Bertz CT molecular complexity index is 278. The molecule has 1 aliphatic carbocycles. The van der Waals surface area contributed by atoms with Crippen LogP contribution in [0.4, 0.5) is 0 Å². The number of hydrogen-bond donors (Lipinski definition) is 0. The van der Waals surface area contributed by atoms with Gasteiger partial charge in [0.2, 0.25) is 0 Å². The molecule has 2 unspecified atom stereocenters. The molecule has 0 amide bonds. The minimum absolute atomic E-state index is 0.0741. The molecule has 1 rings (SSSR count). The second kappa shape index (κ2) is 3.99. The molecule has 2 nitrogen and oxygen atoms in total. The number of carbonyl (C=O) groups is 1. The molecule has 14 heavy (non-hydrogen) atoms. The molecule has 0 aromatic heterocycles. The Kier molecular flexibility index (Phi) is 3.14. The lowest BCUT2D eigenvalue weighted by Gasteiger charge is -2.36. The molecule has 0 bridgehead atoms. The molecule has 0 N–H and O–H groups in total. The Morgan fingerprint density at radius 3 is 2.93 bits per heavy atom. The standard InChI is InChI=1S/C12H18O2/c1-5-12(3)7-6-9(2)8-10(12)11(13)14-4/h5-6,10H,1,7-8H2,2-4H3. The number of allylic oxidation sites excluding steroid dienone is 3. The number of ether oxygens (including phenoxy) is 1. The summed E-state index contributed by atoms with van der Waals surface area (Å²) in [4.78, 5) is 11.6. The first-order chi connectivity index (χ1) is 6.53. The topological polar surface area (TPSA) is 26.3 Å². The van der Waals surface area contributed by atoms with E-state index in [2.05, 4.69) is 26.5 Å². The second-order valence-corrected chi connectivity index (χ2v) is 4.24. The molecule has 2 heteroatoms. The van der Waals surface area contributed by atoms with Crippen molar-refractivity contribution in [2.24, 2.45) is 11.3 Å². The Balaban J connectivity index is 2.94. The predicted octanol–water partition coefficient (Wildman–Crippen LogP) is 2.71. The van der Waals surface area contributed by atoms with Crippen molar-refractivity contribution >= 4 is 5.97 Å². The van der Waals surface area contributed by atoms with E-state index in [1.54, 1.807) is 0 Å². The highest BCUT2D eigenvalue weighted by molar-refractivity contribution is 5.74. The van der Waals surface area contributed by atoms with Gasteiger partial charge >= 0.3 is 5.97 Å². The number of carbonyl (C=O) groups excluding carboxylic acids is 1. The van der Waals surface area contributed by atoms with Gasteiger partial charge < -0.3 is 4.74 Å². The summed E-state index contributed by atoms with van der Waals surface area (Å²) < 4.78 is 4.82. The van der Waals surface area contributed by atoms with Gasteiger partial charge in [0.15, 0.2) is 0 Å². The maximum absolute atomic E-state index is 11.6. The van der Waals surface area contributed by atoms with Crippen molar-refractivity contribution in [2.45, 2.75) is 26.7 Å². The zero-order valence-corrected chi connectivity index (χ0v) is 9.17. The Morgan fingerprint density at radius 2 is 2.43 bits per heavy atom. The summed E-state index contributed by atoms with van der Waals surface area (Å²) in [5.41, 5.74) is 1.12. The van der Waals surface area contributed by atoms with Crippen LogP contribution in [0.25, 0.3) is 0 Å². The van der Waals surface area contributed by atoms with Crippen LogP contribution in [0.3, 0.4) is 0 Å². The normalized spacial score (nSPS) is 31.9. The molecule has 0 fully saturated rings. The van der Waals surface area contributed by atoms with E-state index in [1.807, 2.05) is 6.08 Å². The molecule has 0 aliphatic heterocycles. The second-order valence-electron chi connectivity index (χ2n) is 4.24. The lowest BCUT2D eigenvalue weighted by molar-refractivity contribution is -0.149. The van der Waals surface area contributed by atoms with Crippen LogP contribution in [-0.2, 0) is 9.53 Å². The number of rotatable bonds is 2. The number of methoxy groups -OCH3 is 1. The summed E-state index contributed by atoms with van der Waals surface area (Å²) in [7, 11) is 1.44. The van der Waals surface area contributed by atoms with Gasteiger partial charge in [-0.05, 0) is 19.8 Å². The molecule has 0 heterocycles. The van der Waals surface area contributed by atoms with E-state index in [4.69, 9.17) is 4.74 Å². The lowest BCUT2D eigenvalue weighted by atomic mass is 9.68. The molecule has 78 valence electrons. The number of esters is 1. The molecular formula is C12H18O2. The molecule has 0 saturated heterocycles. The highest BCUT2D eigenvalue weighted by Gasteiger charge is 2.38. The third-order valence-electron chi connectivity index (χ3n) is 3.16. The van der Waals surface area contributed by atoms with Gasteiger partial charge in [-0.2, -0.15) is 0 Å². The largest absolute Gasteiger partial charge is 0.469 e. The van der Waals surface area contributed by atoms with Gasteiger partial charge in [0, 0.05) is 5.41 Å². The van der Waals surface area contributed by atoms with Crippen LogP contribution in [0.5, 0.6) is 0 Å². The highest BCUT2D eigenvalue weighted by atomic mass is 16.5. The van der Waals surface area contributed by atoms with Crippen LogP contribution in [0.1, 0.15) is 26.7 Å². The average Bonchev–Trinajstić information content (AvgIpc) is 2.21. The minimum Gasteiger partial charge on any atom is -0.469 e. The summed E-state index contributed by atoms with van der Waals surface area (Å²) in [5.74, 6) is -0.199. The van der Waals surface area contributed by atoms with Crippen LogP contribution < -0.4 is 0 Å². The van der Waals surface area contributed by atoms with Gasteiger partial charge in [-0.25, -0.2) is 0 Å². The summed E-state index contributed by atoms with van der Waals surface area (Å²) in [6.07, 6.45) is 5.72. The zero-order chi connectivity index (χ0) is 10.8. The maximum Gasteiger partial charge on any atom is 0.309 e. The van der Waals surface area contributed by atoms with Crippen molar-refractivity contribution in [3.63, 3.8) is 0 Å². The first-order valence-electron chi connectivity index (χ1n) is 4.90. The van der Waals surface area contributed by atoms with Crippen LogP contribution in [-0.4, -0.2) is 13.1 Å². The van der Waals surface area contributed by atoms with Crippen LogP contribution in [0.2, 0.25) is 0 Å². The summed E-state index contributed by atoms with van der Waals surface area (Å²) >= 11 is 0. The molecule has 0 aromatic rings.